The maximum absolute atomic E-state index is 10.1. The number of aliphatic hydroxyl groups is 3. The smallest absolute Gasteiger partial charge is 0.180 e. The zero-order valence-electron chi connectivity index (χ0n) is 10.4. The summed E-state index contributed by atoms with van der Waals surface area (Å²) in [5.41, 5.74) is 0. The van der Waals surface area contributed by atoms with E-state index in [1.165, 1.54) is 13.4 Å². The number of rotatable bonds is 4. The highest BCUT2D eigenvalue weighted by atomic mass is 16.7. The number of nitrogens with zero attached hydrogens (tertiary/aromatic N) is 2. The molecule has 0 spiro atoms. The van der Waals surface area contributed by atoms with Crippen LogP contribution in [-0.4, -0.2) is 69.6 Å². The SMILES string of the molecule is CO[C@@H]1O[C@H](CO)[C@H](O)[C@H](O)[C@H]1Nc1ccncn1. The van der Waals surface area contributed by atoms with Gasteiger partial charge < -0.3 is 30.1 Å². The minimum Gasteiger partial charge on any atom is -0.394 e. The quantitative estimate of drug-likeness (QED) is 0.514. The van der Waals surface area contributed by atoms with Gasteiger partial charge in [-0.2, -0.15) is 0 Å². The summed E-state index contributed by atoms with van der Waals surface area (Å²) in [7, 11) is 1.41. The van der Waals surface area contributed by atoms with E-state index in [2.05, 4.69) is 15.3 Å². The highest BCUT2D eigenvalue weighted by Crippen LogP contribution is 2.23. The molecule has 1 aliphatic heterocycles. The van der Waals surface area contributed by atoms with Crippen molar-refractivity contribution in [2.45, 2.75) is 30.6 Å². The monoisotopic (exact) mass is 271 g/mol. The van der Waals surface area contributed by atoms with Crippen molar-refractivity contribution in [2.24, 2.45) is 0 Å². The first-order chi connectivity index (χ1) is 9.17. The molecule has 8 heteroatoms. The van der Waals surface area contributed by atoms with Crippen molar-refractivity contribution in [3.8, 4) is 0 Å². The van der Waals surface area contributed by atoms with E-state index in [-0.39, 0.29) is 0 Å². The van der Waals surface area contributed by atoms with Gasteiger partial charge in [0.2, 0.25) is 0 Å². The normalized spacial score (nSPS) is 35.1. The Morgan fingerprint density at radius 2 is 2.21 bits per heavy atom. The molecule has 0 bridgehead atoms. The van der Waals surface area contributed by atoms with Gasteiger partial charge >= 0.3 is 0 Å². The molecule has 0 radical (unpaired) electrons. The van der Waals surface area contributed by atoms with Crippen LogP contribution in [0.5, 0.6) is 0 Å². The van der Waals surface area contributed by atoms with E-state index in [0.717, 1.165) is 0 Å². The van der Waals surface area contributed by atoms with Gasteiger partial charge in [0.25, 0.3) is 0 Å². The molecule has 0 aromatic carbocycles. The molecule has 1 fully saturated rings. The first-order valence-corrected chi connectivity index (χ1v) is 5.85. The molecule has 0 amide bonds. The van der Waals surface area contributed by atoms with E-state index in [0.29, 0.717) is 5.82 Å². The van der Waals surface area contributed by atoms with Gasteiger partial charge in [0, 0.05) is 13.3 Å². The number of hydrogen-bond donors (Lipinski definition) is 4. The average Bonchev–Trinajstić information content (AvgIpc) is 2.45. The lowest BCUT2D eigenvalue weighted by Gasteiger charge is -2.41. The van der Waals surface area contributed by atoms with E-state index in [1.54, 1.807) is 12.3 Å². The highest BCUT2D eigenvalue weighted by molar-refractivity contribution is 5.34. The number of anilines is 1. The Labute approximate surface area is 110 Å². The Balaban J connectivity index is 2.13. The van der Waals surface area contributed by atoms with Crippen LogP contribution in [0.4, 0.5) is 5.82 Å². The first-order valence-electron chi connectivity index (χ1n) is 5.85. The summed E-state index contributed by atoms with van der Waals surface area (Å²) < 4.78 is 10.5. The van der Waals surface area contributed by atoms with Gasteiger partial charge in [-0.25, -0.2) is 9.97 Å². The predicted molar refractivity (Wildman–Crippen MR) is 64.2 cm³/mol. The molecule has 0 aliphatic carbocycles. The fraction of sp³-hybridized carbons (Fsp3) is 0.636. The van der Waals surface area contributed by atoms with Crippen LogP contribution in [0, 0.1) is 0 Å². The van der Waals surface area contributed by atoms with Gasteiger partial charge in [-0.05, 0) is 6.07 Å². The van der Waals surface area contributed by atoms with Crippen LogP contribution in [-0.2, 0) is 9.47 Å². The lowest BCUT2D eigenvalue weighted by Crippen LogP contribution is -2.61. The molecule has 1 aliphatic rings. The van der Waals surface area contributed by atoms with E-state index in [4.69, 9.17) is 14.6 Å². The molecule has 2 rings (SSSR count). The second kappa shape index (κ2) is 6.22. The lowest BCUT2D eigenvalue weighted by molar-refractivity contribution is -0.254. The molecule has 1 aromatic heterocycles. The summed E-state index contributed by atoms with van der Waals surface area (Å²) in [6.45, 7) is -0.404. The molecular weight excluding hydrogens is 254 g/mol. The van der Waals surface area contributed by atoms with Crippen LogP contribution < -0.4 is 5.32 Å². The van der Waals surface area contributed by atoms with E-state index in [9.17, 15) is 10.2 Å². The van der Waals surface area contributed by atoms with Gasteiger partial charge in [-0.1, -0.05) is 0 Å². The van der Waals surface area contributed by atoms with Crippen LogP contribution in [0.1, 0.15) is 0 Å². The molecule has 4 N–H and O–H groups in total. The molecule has 0 unspecified atom stereocenters. The maximum Gasteiger partial charge on any atom is 0.180 e. The summed E-state index contributed by atoms with van der Waals surface area (Å²) in [6.07, 6.45) is -1.18. The third-order valence-corrected chi connectivity index (χ3v) is 3.01. The van der Waals surface area contributed by atoms with E-state index < -0.39 is 37.3 Å². The number of methoxy groups -OCH3 is 1. The van der Waals surface area contributed by atoms with Gasteiger partial charge in [-0.15, -0.1) is 0 Å². The number of aromatic nitrogens is 2. The van der Waals surface area contributed by atoms with Crippen molar-refractivity contribution < 1.29 is 24.8 Å². The Hall–Kier alpha value is -1.32. The molecule has 19 heavy (non-hydrogen) atoms. The largest absolute Gasteiger partial charge is 0.394 e. The number of ether oxygens (including phenoxy) is 2. The van der Waals surface area contributed by atoms with Crippen molar-refractivity contribution in [3.63, 3.8) is 0 Å². The van der Waals surface area contributed by atoms with Crippen molar-refractivity contribution in [3.05, 3.63) is 18.6 Å². The Morgan fingerprint density at radius 1 is 1.42 bits per heavy atom. The average molecular weight is 271 g/mol. The number of nitrogens with one attached hydrogen (secondary N) is 1. The molecule has 2 heterocycles. The first kappa shape index (κ1) is 14.1. The molecule has 106 valence electrons. The molecule has 0 saturated carbocycles. The standard InChI is InChI=1S/C11H17N3O5/c1-18-11-8(14-7-2-3-12-5-13-7)10(17)9(16)6(4-15)19-11/h2-3,5-6,8-11,15-17H,4H2,1H3,(H,12,13,14)/t6-,8-,9+,10-,11-/m1/s1. The molecular formula is C11H17N3O5. The Bertz CT molecular complexity index is 391. The summed E-state index contributed by atoms with van der Waals surface area (Å²) >= 11 is 0. The molecule has 1 saturated heterocycles. The van der Waals surface area contributed by atoms with Crippen molar-refractivity contribution in [1.82, 2.24) is 9.97 Å². The van der Waals surface area contributed by atoms with E-state index >= 15 is 0 Å². The fourth-order valence-electron chi connectivity index (χ4n) is 1.98. The Kier molecular flexibility index (Phi) is 4.61. The third kappa shape index (κ3) is 2.99. The zero-order valence-corrected chi connectivity index (χ0v) is 10.4. The summed E-state index contributed by atoms with van der Waals surface area (Å²) in [5.74, 6) is 0.472. The van der Waals surface area contributed by atoms with Crippen LogP contribution >= 0.6 is 0 Å². The minimum absolute atomic E-state index is 0.404. The molecule has 1 aromatic rings. The van der Waals surface area contributed by atoms with Crippen LogP contribution in [0.3, 0.4) is 0 Å². The highest BCUT2D eigenvalue weighted by Gasteiger charge is 2.44. The zero-order chi connectivity index (χ0) is 13.8. The fourth-order valence-corrected chi connectivity index (χ4v) is 1.98. The second-order valence-corrected chi connectivity index (χ2v) is 4.21. The molecule has 5 atom stereocenters. The van der Waals surface area contributed by atoms with Crippen LogP contribution in [0.15, 0.2) is 18.6 Å². The van der Waals surface area contributed by atoms with Crippen LogP contribution in [0.25, 0.3) is 0 Å². The van der Waals surface area contributed by atoms with Gasteiger partial charge in [0.15, 0.2) is 6.29 Å². The number of hydrogen-bond acceptors (Lipinski definition) is 8. The van der Waals surface area contributed by atoms with Crippen molar-refractivity contribution in [2.75, 3.05) is 19.0 Å². The van der Waals surface area contributed by atoms with Crippen molar-refractivity contribution in [1.29, 1.82) is 0 Å². The molecule has 8 nitrogen and oxygen atoms in total. The van der Waals surface area contributed by atoms with E-state index in [1.807, 2.05) is 0 Å². The second-order valence-electron chi connectivity index (χ2n) is 4.21. The maximum atomic E-state index is 10.1. The third-order valence-electron chi connectivity index (χ3n) is 3.01. The minimum atomic E-state index is -1.21. The van der Waals surface area contributed by atoms with Crippen LogP contribution in [0.2, 0.25) is 0 Å². The predicted octanol–water partition coefficient (Wildman–Crippen LogP) is -1.66. The summed E-state index contributed by atoms with van der Waals surface area (Å²) in [5, 5.41) is 31.9. The van der Waals surface area contributed by atoms with Crippen molar-refractivity contribution >= 4 is 5.82 Å². The number of aliphatic hydroxyl groups excluding tert-OH is 3. The summed E-state index contributed by atoms with van der Waals surface area (Å²) in [4.78, 5) is 7.74. The lowest BCUT2D eigenvalue weighted by atomic mass is 9.97. The van der Waals surface area contributed by atoms with Gasteiger partial charge in [-0.3, -0.25) is 0 Å². The van der Waals surface area contributed by atoms with Gasteiger partial charge in [0.1, 0.15) is 36.5 Å². The Morgan fingerprint density at radius 3 is 2.79 bits per heavy atom. The summed E-state index contributed by atoms with van der Waals surface area (Å²) in [6, 6.07) is 0.905. The topological polar surface area (TPSA) is 117 Å². The van der Waals surface area contributed by atoms with Gasteiger partial charge in [0.05, 0.1) is 6.61 Å².